The minimum atomic E-state index is -0.552. The number of nitrogens with zero attached hydrogens (tertiary/aromatic N) is 1. The Bertz CT molecular complexity index is 559. The third-order valence-corrected chi connectivity index (χ3v) is 2.51. The van der Waals surface area contributed by atoms with E-state index >= 15 is 0 Å². The van der Waals surface area contributed by atoms with Gasteiger partial charge < -0.3 is 10.1 Å². The average Bonchev–Trinajstić information content (AvgIpc) is 2.32. The van der Waals surface area contributed by atoms with Gasteiger partial charge in [-0.2, -0.15) is 0 Å². The van der Waals surface area contributed by atoms with Crippen molar-refractivity contribution in [2.24, 2.45) is 0 Å². The third kappa shape index (κ3) is 5.64. The van der Waals surface area contributed by atoms with E-state index in [2.05, 4.69) is 5.32 Å². The van der Waals surface area contributed by atoms with Crippen LogP contribution in [-0.4, -0.2) is 23.2 Å². The van der Waals surface area contributed by atoms with Gasteiger partial charge in [0.05, 0.1) is 10.5 Å². The second-order valence-electron chi connectivity index (χ2n) is 5.56. The maximum absolute atomic E-state index is 11.4. The smallest absolute Gasteiger partial charge is 0.407 e. The summed E-state index contributed by atoms with van der Waals surface area (Å²) in [7, 11) is 0. The highest BCUT2D eigenvalue weighted by molar-refractivity contribution is 5.68. The Morgan fingerprint density at radius 2 is 2.10 bits per heavy atom. The number of para-hydroxylation sites is 1. The molecule has 0 saturated heterocycles. The van der Waals surface area contributed by atoms with Crippen molar-refractivity contribution >= 4 is 17.9 Å². The van der Waals surface area contributed by atoms with E-state index in [9.17, 15) is 14.9 Å². The fraction of sp³-hybridized carbons (Fsp3) is 0.400. The number of benzene rings is 1. The lowest BCUT2D eigenvalue weighted by Crippen LogP contribution is -2.32. The predicted molar refractivity (Wildman–Crippen MR) is 81.1 cm³/mol. The van der Waals surface area contributed by atoms with Gasteiger partial charge in [-0.25, -0.2) is 4.79 Å². The van der Waals surface area contributed by atoms with Crippen LogP contribution in [0.1, 0.15) is 31.9 Å². The number of alkyl carbamates (subject to hydrolysis) is 1. The van der Waals surface area contributed by atoms with Crippen molar-refractivity contribution < 1.29 is 14.5 Å². The molecule has 6 heteroatoms. The Hall–Kier alpha value is -2.37. The molecule has 0 bridgehead atoms. The molecule has 114 valence electrons. The molecule has 21 heavy (non-hydrogen) atoms. The molecule has 0 spiro atoms. The molecule has 0 saturated carbocycles. The minimum Gasteiger partial charge on any atom is -0.444 e. The first kappa shape index (κ1) is 16.7. The van der Waals surface area contributed by atoms with E-state index in [0.717, 1.165) is 0 Å². The summed E-state index contributed by atoms with van der Waals surface area (Å²) in [4.78, 5) is 22.0. The minimum absolute atomic E-state index is 0.0750. The molecular formula is C15H20N2O4. The molecule has 0 radical (unpaired) electrons. The lowest BCUT2D eigenvalue weighted by Gasteiger charge is -2.19. The molecule has 0 unspecified atom stereocenters. The Labute approximate surface area is 124 Å². The maximum atomic E-state index is 11.4. The molecule has 0 aliphatic heterocycles. The summed E-state index contributed by atoms with van der Waals surface area (Å²) < 4.78 is 5.08. The molecule has 1 aromatic carbocycles. The van der Waals surface area contributed by atoms with Gasteiger partial charge in [0, 0.05) is 12.1 Å². The molecule has 0 fully saturated rings. The number of aryl methyl sites for hydroxylation is 1. The van der Waals surface area contributed by atoms with Crippen molar-refractivity contribution in [2.45, 2.75) is 33.3 Å². The maximum Gasteiger partial charge on any atom is 0.407 e. The zero-order valence-corrected chi connectivity index (χ0v) is 12.7. The van der Waals surface area contributed by atoms with Crippen LogP contribution in [0.2, 0.25) is 0 Å². The SMILES string of the molecule is Cc1cccc(C=CCNC(=O)OC(C)(C)C)c1[N+](=O)[O-]. The molecular weight excluding hydrogens is 272 g/mol. The van der Waals surface area contributed by atoms with Crippen molar-refractivity contribution in [1.82, 2.24) is 5.32 Å². The summed E-state index contributed by atoms with van der Waals surface area (Å²) in [5.74, 6) is 0. The molecule has 0 atom stereocenters. The molecule has 0 aliphatic carbocycles. The van der Waals surface area contributed by atoms with Crippen LogP contribution in [0.5, 0.6) is 0 Å². The van der Waals surface area contributed by atoms with Crippen molar-refractivity contribution in [1.29, 1.82) is 0 Å². The first-order chi connectivity index (χ1) is 9.70. The number of rotatable bonds is 4. The number of nitro groups is 1. The van der Waals surface area contributed by atoms with Crippen LogP contribution in [0.25, 0.3) is 6.08 Å². The quantitative estimate of drug-likeness (QED) is 0.680. The standard InChI is InChI=1S/C15H20N2O4/c1-11-7-5-8-12(13(11)17(19)20)9-6-10-16-14(18)21-15(2,3)4/h5-9H,10H2,1-4H3,(H,16,18). The van der Waals surface area contributed by atoms with Gasteiger partial charge in [-0.1, -0.05) is 24.3 Å². The van der Waals surface area contributed by atoms with Crippen LogP contribution in [0.4, 0.5) is 10.5 Å². The average molecular weight is 292 g/mol. The summed E-state index contributed by atoms with van der Waals surface area (Å²) in [5.41, 5.74) is 0.627. The van der Waals surface area contributed by atoms with E-state index in [1.807, 2.05) is 0 Å². The van der Waals surface area contributed by atoms with Crippen LogP contribution < -0.4 is 5.32 Å². The topological polar surface area (TPSA) is 81.5 Å². The summed E-state index contributed by atoms with van der Waals surface area (Å²) >= 11 is 0. The van der Waals surface area contributed by atoms with Crippen LogP contribution in [0.15, 0.2) is 24.3 Å². The van der Waals surface area contributed by atoms with Crippen LogP contribution >= 0.6 is 0 Å². The van der Waals surface area contributed by atoms with Crippen LogP contribution in [-0.2, 0) is 4.74 Å². The predicted octanol–water partition coefficient (Wildman–Crippen LogP) is 3.44. The monoisotopic (exact) mass is 292 g/mol. The summed E-state index contributed by atoms with van der Waals surface area (Å²) in [6.07, 6.45) is 2.74. The van der Waals surface area contributed by atoms with Gasteiger partial charge in [-0.15, -0.1) is 0 Å². The largest absolute Gasteiger partial charge is 0.444 e. The first-order valence-electron chi connectivity index (χ1n) is 6.58. The van der Waals surface area contributed by atoms with Gasteiger partial charge in [0.15, 0.2) is 0 Å². The molecule has 0 heterocycles. The van der Waals surface area contributed by atoms with Gasteiger partial charge in [0.2, 0.25) is 0 Å². The lowest BCUT2D eigenvalue weighted by atomic mass is 10.1. The number of nitro benzene ring substituents is 1. The molecule has 1 N–H and O–H groups in total. The number of carbonyl (C=O) groups excluding carboxylic acids is 1. The van der Waals surface area contributed by atoms with Gasteiger partial charge >= 0.3 is 6.09 Å². The highest BCUT2D eigenvalue weighted by Crippen LogP contribution is 2.23. The highest BCUT2D eigenvalue weighted by atomic mass is 16.6. The van der Waals surface area contributed by atoms with Crippen LogP contribution in [0, 0.1) is 17.0 Å². The zero-order chi connectivity index (χ0) is 16.0. The van der Waals surface area contributed by atoms with E-state index in [-0.39, 0.29) is 12.2 Å². The molecule has 0 aromatic heterocycles. The number of hydrogen-bond donors (Lipinski definition) is 1. The van der Waals surface area contributed by atoms with Crippen molar-refractivity contribution in [2.75, 3.05) is 6.54 Å². The fourth-order valence-corrected chi connectivity index (χ4v) is 1.71. The summed E-state index contributed by atoms with van der Waals surface area (Å²) in [6.45, 7) is 7.25. The second-order valence-corrected chi connectivity index (χ2v) is 5.56. The third-order valence-electron chi connectivity index (χ3n) is 2.51. The number of carbonyl (C=O) groups is 1. The Kier molecular flexibility index (Phi) is 5.46. The van der Waals surface area contributed by atoms with Gasteiger partial charge in [-0.05, 0) is 33.8 Å². The van der Waals surface area contributed by atoms with Crippen molar-refractivity contribution in [3.63, 3.8) is 0 Å². The number of amides is 1. The van der Waals surface area contributed by atoms with E-state index in [1.54, 1.807) is 58.0 Å². The number of nitrogens with one attached hydrogen (secondary N) is 1. The summed E-state index contributed by atoms with van der Waals surface area (Å²) in [6, 6.07) is 5.10. The van der Waals surface area contributed by atoms with Gasteiger partial charge in [0.1, 0.15) is 5.60 Å². The van der Waals surface area contributed by atoms with Gasteiger partial charge in [0.25, 0.3) is 5.69 Å². The van der Waals surface area contributed by atoms with Crippen molar-refractivity contribution in [3.05, 3.63) is 45.5 Å². The zero-order valence-electron chi connectivity index (χ0n) is 12.7. The number of hydrogen-bond acceptors (Lipinski definition) is 4. The van der Waals surface area contributed by atoms with E-state index in [1.165, 1.54) is 0 Å². The van der Waals surface area contributed by atoms with Crippen LogP contribution in [0.3, 0.4) is 0 Å². The molecule has 6 nitrogen and oxygen atoms in total. The lowest BCUT2D eigenvalue weighted by molar-refractivity contribution is -0.385. The fourth-order valence-electron chi connectivity index (χ4n) is 1.71. The normalized spacial score (nSPS) is 11.4. The molecule has 1 rings (SSSR count). The Balaban J connectivity index is 2.65. The van der Waals surface area contributed by atoms with E-state index in [0.29, 0.717) is 11.1 Å². The second kappa shape index (κ2) is 6.88. The Morgan fingerprint density at radius 1 is 1.43 bits per heavy atom. The Morgan fingerprint density at radius 3 is 2.67 bits per heavy atom. The molecule has 0 aliphatic rings. The molecule has 1 amide bonds. The number of ether oxygens (including phenoxy) is 1. The highest BCUT2D eigenvalue weighted by Gasteiger charge is 2.16. The van der Waals surface area contributed by atoms with Crippen molar-refractivity contribution in [3.8, 4) is 0 Å². The van der Waals surface area contributed by atoms with Gasteiger partial charge in [-0.3, -0.25) is 10.1 Å². The van der Waals surface area contributed by atoms with E-state index < -0.39 is 16.6 Å². The molecule has 1 aromatic rings. The first-order valence-corrected chi connectivity index (χ1v) is 6.58. The van der Waals surface area contributed by atoms with E-state index in [4.69, 9.17) is 4.74 Å². The summed E-state index contributed by atoms with van der Waals surface area (Å²) in [5, 5.41) is 13.6.